The highest BCUT2D eigenvalue weighted by molar-refractivity contribution is 7.22. The van der Waals surface area contributed by atoms with E-state index in [4.69, 9.17) is 4.74 Å². The number of thiophene rings is 1. The van der Waals surface area contributed by atoms with E-state index in [0.717, 1.165) is 42.8 Å². The molecule has 0 aliphatic carbocycles. The second kappa shape index (κ2) is 8.40. The van der Waals surface area contributed by atoms with Gasteiger partial charge in [0.05, 0.1) is 7.11 Å². The van der Waals surface area contributed by atoms with Crippen LogP contribution in [0.15, 0.2) is 48.5 Å². The summed E-state index contributed by atoms with van der Waals surface area (Å²) in [5, 5.41) is 1.22. The minimum atomic E-state index is 0.185. The molecule has 2 aromatic carbocycles. The first kappa shape index (κ1) is 19.6. The predicted octanol–water partition coefficient (Wildman–Crippen LogP) is 5.28. The number of amides is 1. The number of hydrogen-bond acceptors (Lipinski definition) is 4. The molecule has 1 amide bonds. The number of rotatable bonds is 5. The lowest BCUT2D eigenvalue weighted by Crippen LogP contribution is -2.42. The summed E-state index contributed by atoms with van der Waals surface area (Å²) in [6, 6.07) is 16.9. The molecule has 156 valence electrons. The van der Waals surface area contributed by atoms with E-state index >= 15 is 0 Å². The summed E-state index contributed by atoms with van der Waals surface area (Å²) < 4.78 is 6.55. The quantitative estimate of drug-likeness (QED) is 0.563. The summed E-state index contributed by atoms with van der Waals surface area (Å²) in [5.74, 6) is 1.07. The molecule has 2 fully saturated rings. The van der Waals surface area contributed by atoms with Crippen LogP contribution in [0.5, 0.6) is 5.75 Å². The number of likely N-dealkylation sites (tertiary alicyclic amines) is 2. The van der Waals surface area contributed by atoms with Gasteiger partial charge in [-0.1, -0.05) is 12.1 Å². The first-order valence-corrected chi connectivity index (χ1v) is 11.7. The van der Waals surface area contributed by atoms with Crippen LogP contribution in [0.25, 0.3) is 20.5 Å². The minimum Gasteiger partial charge on any atom is -0.497 e. The van der Waals surface area contributed by atoms with Crippen molar-refractivity contribution in [3.05, 3.63) is 54.1 Å². The Labute approximate surface area is 182 Å². The maximum Gasteiger partial charge on any atom is 0.254 e. The lowest BCUT2D eigenvalue weighted by atomic mass is 10.1. The molecular weight excluding hydrogens is 392 g/mol. The zero-order valence-corrected chi connectivity index (χ0v) is 18.3. The molecule has 2 aliphatic rings. The van der Waals surface area contributed by atoms with Gasteiger partial charge in [-0.15, -0.1) is 11.3 Å². The molecule has 3 heterocycles. The average molecular weight is 421 g/mol. The normalized spacial score (nSPS) is 19.6. The van der Waals surface area contributed by atoms with Gasteiger partial charge in [0, 0.05) is 34.3 Å². The Balaban J connectivity index is 1.32. The summed E-state index contributed by atoms with van der Waals surface area (Å²) in [4.78, 5) is 19.0. The van der Waals surface area contributed by atoms with E-state index in [9.17, 15) is 4.79 Å². The fraction of sp³-hybridized carbons (Fsp3) is 0.400. The Bertz CT molecular complexity index is 1040. The molecule has 30 heavy (non-hydrogen) atoms. The predicted molar refractivity (Wildman–Crippen MR) is 124 cm³/mol. The third-order valence-corrected chi connectivity index (χ3v) is 7.60. The standard InChI is InChI=1S/C25H28N2O2S/c1-29-22-11-10-20-15-23(30-24(20)16-22)18-6-8-19(9-7-18)25(28)27-14-4-5-21(27)17-26-12-2-3-13-26/h6-11,15-16,21H,2-5,12-14,17H2,1H3/t21-/m0/s1. The molecule has 0 radical (unpaired) electrons. The molecule has 2 aliphatic heterocycles. The lowest BCUT2D eigenvalue weighted by Gasteiger charge is -2.28. The van der Waals surface area contributed by atoms with Crippen molar-refractivity contribution in [3.8, 4) is 16.2 Å². The van der Waals surface area contributed by atoms with Crippen LogP contribution < -0.4 is 4.74 Å². The third-order valence-electron chi connectivity index (χ3n) is 6.45. The number of carbonyl (C=O) groups excluding carboxylic acids is 1. The van der Waals surface area contributed by atoms with Crippen LogP contribution in [-0.2, 0) is 0 Å². The number of fused-ring (bicyclic) bond motifs is 1. The molecule has 5 heteroatoms. The van der Waals surface area contributed by atoms with Gasteiger partial charge >= 0.3 is 0 Å². The van der Waals surface area contributed by atoms with Crippen LogP contribution in [0.4, 0.5) is 0 Å². The zero-order chi connectivity index (χ0) is 20.5. The molecular formula is C25H28N2O2S. The van der Waals surface area contributed by atoms with Crippen molar-refractivity contribution in [2.75, 3.05) is 33.3 Å². The smallest absolute Gasteiger partial charge is 0.254 e. The maximum atomic E-state index is 13.2. The molecule has 5 rings (SSSR count). The molecule has 2 saturated heterocycles. The van der Waals surface area contributed by atoms with Crippen LogP contribution in [0.3, 0.4) is 0 Å². The highest BCUT2D eigenvalue weighted by atomic mass is 32.1. The van der Waals surface area contributed by atoms with Crippen molar-refractivity contribution in [3.63, 3.8) is 0 Å². The van der Waals surface area contributed by atoms with Crippen LogP contribution in [0.2, 0.25) is 0 Å². The maximum absolute atomic E-state index is 13.2. The summed E-state index contributed by atoms with van der Waals surface area (Å²) >= 11 is 1.76. The van der Waals surface area contributed by atoms with E-state index in [2.05, 4.69) is 40.1 Å². The summed E-state index contributed by atoms with van der Waals surface area (Å²) in [6.07, 6.45) is 4.85. The molecule has 0 saturated carbocycles. The van der Waals surface area contributed by atoms with E-state index in [1.54, 1.807) is 18.4 Å². The van der Waals surface area contributed by atoms with Crippen molar-refractivity contribution in [1.82, 2.24) is 9.80 Å². The molecule has 1 aromatic heterocycles. The lowest BCUT2D eigenvalue weighted by molar-refractivity contribution is 0.0709. The number of methoxy groups -OCH3 is 1. The van der Waals surface area contributed by atoms with E-state index in [-0.39, 0.29) is 5.91 Å². The number of carbonyl (C=O) groups is 1. The van der Waals surface area contributed by atoms with Gasteiger partial charge in [-0.05, 0) is 86.1 Å². The van der Waals surface area contributed by atoms with Crippen LogP contribution in [0.1, 0.15) is 36.0 Å². The molecule has 0 N–H and O–H groups in total. The Morgan fingerprint density at radius 2 is 1.83 bits per heavy atom. The summed E-state index contributed by atoms with van der Waals surface area (Å²) in [7, 11) is 1.70. The second-order valence-electron chi connectivity index (χ2n) is 8.39. The monoisotopic (exact) mass is 420 g/mol. The topological polar surface area (TPSA) is 32.8 Å². The Hall–Kier alpha value is -2.37. The Kier molecular flexibility index (Phi) is 5.48. The molecule has 4 nitrogen and oxygen atoms in total. The van der Waals surface area contributed by atoms with Gasteiger partial charge in [-0.25, -0.2) is 0 Å². The third kappa shape index (κ3) is 3.84. The number of ether oxygens (including phenoxy) is 1. The van der Waals surface area contributed by atoms with Gasteiger partial charge in [0.2, 0.25) is 0 Å². The van der Waals surface area contributed by atoms with Crippen molar-refractivity contribution in [1.29, 1.82) is 0 Å². The highest BCUT2D eigenvalue weighted by Crippen LogP contribution is 2.35. The van der Waals surface area contributed by atoms with Crippen LogP contribution in [0, 0.1) is 0 Å². The molecule has 0 unspecified atom stereocenters. The average Bonchev–Trinajstić information content (AvgIpc) is 3.54. The van der Waals surface area contributed by atoms with Gasteiger partial charge in [0.25, 0.3) is 5.91 Å². The van der Waals surface area contributed by atoms with Crippen molar-refractivity contribution < 1.29 is 9.53 Å². The first-order chi connectivity index (χ1) is 14.7. The molecule has 3 aromatic rings. The first-order valence-electron chi connectivity index (χ1n) is 10.9. The highest BCUT2D eigenvalue weighted by Gasteiger charge is 2.31. The Morgan fingerprint density at radius 1 is 1.03 bits per heavy atom. The zero-order valence-electron chi connectivity index (χ0n) is 17.5. The van der Waals surface area contributed by atoms with Crippen molar-refractivity contribution in [2.45, 2.75) is 31.7 Å². The van der Waals surface area contributed by atoms with Gasteiger partial charge in [0.1, 0.15) is 5.75 Å². The fourth-order valence-corrected chi connectivity index (χ4v) is 5.88. The van der Waals surface area contributed by atoms with Gasteiger partial charge < -0.3 is 14.5 Å². The molecule has 0 bridgehead atoms. The van der Waals surface area contributed by atoms with Crippen molar-refractivity contribution in [2.24, 2.45) is 0 Å². The largest absolute Gasteiger partial charge is 0.497 e. The number of nitrogens with zero attached hydrogens (tertiary/aromatic N) is 2. The molecule has 0 spiro atoms. The van der Waals surface area contributed by atoms with Gasteiger partial charge in [0.15, 0.2) is 0 Å². The van der Waals surface area contributed by atoms with E-state index in [0.29, 0.717) is 6.04 Å². The SMILES string of the molecule is COc1ccc2cc(-c3ccc(C(=O)N4CCC[C@H]4CN4CCCC4)cc3)sc2c1. The summed E-state index contributed by atoms with van der Waals surface area (Å²) in [5.41, 5.74) is 1.96. The molecule has 1 atom stereocenters. The van der Waals surface area contributed by atoms with E-state index < -0.39 is 0 Å². The summed E-state index contributed by atoms with van der Waals surface area (Å²) in [6.45, 7) is 4.30. The number of hydrogen-bond donors (Lipinski definition) is 0. The second-order valence-corrected chi connectivity index (χ2v) is 9.48. The van der Waals surface area contributed by atoms with Crippen LogP contribution in [-0.4, -0.2) is 55.0 Å². The van der Waals surface area contributed by atoms with E-state index in [1.807, 2.05) is 18.2 Å². The van der Waals surface area contributed by atoms with E-state index in [1.165, 1.54) is 40.9 Å². The number of benzene rings is 2. The van der Waals surface area contributed by atoms with Crippen molar-refractivity contribution >= 4 is 27.3 Å². The van der Waals surface area contributed by atoms with Gasteiger partial charge in [-0.2, -0.15) is 0 Å². The van der Waals surface area contributed by atoms with Crippen LogP contribution >= 0.6 is 11.3 Å². The minimum absolute atomic E-state index is 0.185. The Morgan fingerprint density at radius 3 is 2.60 bits per heavy atom. The van der Waals surface area contributed by atoms with Gasteiger partial charge in [-0.3, -0.25) is 4.79 Å². The fourth-order valence-electron chi connectivity index (χ4n) is 4.78.